The van der Waals surface area contributed by atoms with Crippen LogP contribution in [0, 0.1) is 0 Å². The molecule has 7 heteroatoms. The molecule has 1 aliphatic rings. The number of amides is 1. The first-order valence-corrected chi connectivity index (χ1v) is 9.93. The van der Waals surface area contributed by atoms with Crippen LogP contribution in [0.2, 0.25) is 0 Å². The summed E-state index contributed by atoms with van der Waals surface area (Å²) in [4.78, 5) is 13.5. The summed E-state index contributed by atoms with van der Waals surface area (Å²) in [7, 11) is -3.51. The molecule has 0 atom stereocenters. The molecule has 0 unspecified atom stereocenters. The topological polar surface area (TPSA) is 66.9 Å². The van der Waals surface area contributed by atoms with Gasteiger partial charge in [0.25, 0.3) is 0 Å². The number of nitrogens with zero attached hydrogens (tertiary/aromatic N) is 2. The SMILES string of the molecule is CCCCc1ccc(S(=O)(=O)N2CCN(C(=O)OCC)CC2)cc1. The van der Waals surface area contributed by atoms with Crippen LogP contribution < -0.4 is 0 Å². The first kappa shape index (κ1) is 18.7. The van der Waals surface area contributed by atoms with Gasteiger partial charge in [-0.25, -0.2) is 13.2 Å². The highest BCUT2D eigenvalue weighted by molar-refractivity contribution is 7.89. The van der Waals surface area contributed by atoms with E-state index in [9.17, 15) is 13.2 Å². The highest BCUT2D eigenvalue weighted by Crippen LogP contribution is 2.19. The molecule has 1 amide bonds. The molecule has 0 radical (unpaired) electrons. The molecule has 1 aromatic carbocycles. The molecule has 0 aliphatic carbocycles. The second-order valence-electron chi connectivity index (χ2n) is 5.84. The molecule has 0 spiro atoms. The highest BCUT2D eigenvalue weighted by atomic mass is 32.2. The third kappa shape index (κ3) is 4.48. The van der Waals surface area contributed by atoms with Crippen LogP contribution in [0.5, 0.6) is 0 Å². The van der Waals surface area contributed by atoms with Crippen LogP contribution in [0.4, 0.5) is 4.79 Å². The van der Waals surface area contributed by atoms with Gasteiger partial charge in [0.05, 0.1) is 11.5 Å². The van der Waals surface area contributed by atoms with Crippen LogP contribution in [-0.4, -0.2) is 56.5 Å². The first-order valence-electron chi connectivity index (χ1n) is 8.49. The van der Waals surface area contributed by atoms with E-state index in [1.807, 2.05) is 12.1 Å². The van der Waals surface area contributed by atoms with E-state index in [1.165, 1.54) is 4.31 Å². The van der Waals surface area contributed by atoms with Gasteiger partial charge in [-0.2, -0.15) is 4.31 Å². The minimum absolute atomic E-state index is 0.290. The monoisotopic (exact) mass is 354 g/mol. The average molecular weight is 354 g/mol. The Morgan fingerprint density at radius 3 is 2.25 bits per heavy atom. The molecule has 1 fully saturated rings. The zero-order chi connectivity index (χ0) is 17.6. The number of ether oxygens (including phenoxy) is 1. The van der Waals surface area contributed by atoms with Crippen molar-refractivity contribution in [2.24, 2.45) is 0 Å². The Labute approximate surface area is 144 Å². The Balaban J connectivity index is 1.99. The van der Waals surface area contributed by atoms with Crippen LogP contribution in [0.15, 0.2) is 29.2 Å². The minimum atomic E-state index is -3.51. The lowest BCUT2D eigenvalue weighted by Crippen LogP contribution is -2.50. The molecular formula is C17H26N2O4S. The van der Waals surface area contributed by atoms with Gasteiger partial charge in [0, 0.05) is 26.2 Å². The minimum Gasteiger partial charge on any atom is -0.450 e. The largest absolute Gasteiger partial charge is 0.450 e. The van der Waals surface area contributed by atoms with Crippen molar-refractivity contribution in [2.75, 3.05) is 32.8 Å². The molecule has 0 aromatic heterocycles. The van der Waals surface area contributed by atoms with Gasteiger partial charge in [0.15, 0.2) is 0 Å². The second kappa shape index (κ2) is 8.48. The third-order valence-corrected chi connectivity index (χ3v) is 6.06. The zero-order valence-corrected chi connectivity index (χ0v) is 15.2. The summed E-state index contributed by atoms with van der Waals surface area (Å²) >= 11 is 0. The molecule has 0 bridgehead atoms. The van der Waals surface area contributed by atoms with E-state index in [4.69, 9.17) is 4.74 Å². The molecule has 2 rings (SSSR count). The van der Waals surface area contributed by atoms with Crippen molar-refractivity contribution >= 4 is 16.1 Å². The predicted octanol–water partition coefficient (Wildman–Crippen LogP) is 2.49. The molecule has 1 saturated heterocycles. The van der Waals surface area contributed by atoms with Gasteiger partial charge in [0.1, 0.15) is 0 Å². The molecule has 1 aliphatic heterocycles. The Morgan fingerprint density at radius 1 is 1.08 bits per heavy atom. The van der Waals surface area contributed by atoms with E-state index >= 15 is 0 Å². The molecule has 24 heavy (non-hydrogen) atoms. The highest BCUT2D eigenvalue weighted by Gasteiger charge is 2.30. The van der Waals surface area contributed by atoms with Crippen LogP contribution >= 0.6 is 0 Å². The quantitative estimate of drug-likeness (QED) is 0.787. The van der Waals surface area contributed by atoms with E-state index in [0.717, 1.165) is 24.8 Å². The number of piperazine rings is 1. The maximum Gasteiger partial charge on any atom is 0.409 e. The number of carbonyl (C=O) groups is 1. The van der Waals surface area contributed by atoms with Crippen molar-refractivity contribution in [1.29, 1.82) is 0 Å². The van der Waals surface area contributed by atoms with Crippen LogP contribution in [0.1, 0.15) is 32.3 Å². The average Bonchev–Trinajstić information content (AvgIpc) is 2.60. The molecule has 0 N–H and O–H groups in total. The van der Waals surface area contributed by atoms with Gasteiger partial charge in [-0.15, -0.1) is 0 Å². The van der Waals surface area contributed by atoms with Crippen molar-refractivity contribution in [3.63, 3.8) is 0 Å². The second-order valence-corrected chi connectivity index (χ2v) is 7.78. The fraction of sp³-hybridized carbons (Fsp3) is 0.588. The zero-order valence-electron chi connectivity index (χ0n) is 14.4. The Morgan fingerprint density at radius 2 is 1.71 bits per heavy atom. The van der Waals surface area contributed by atoms with Crippen molar-refractivity contribution < 1.29 is 17.9 Å². The summed E-state index contributed by atoms with van der Waals surface area (Å²) in [6, 6.07) is 7.13. The van der Waals surface area contributed by atoms with Crippen LogP contribution in [0.25, 0.3) is 0 Å². The maximum absolute atomic E-state index is 12.7. The van der Waals surface area contributed by atoms with Gasteiger partial charge in [-0.05, 0) is 37.5 Å². The van der Waals surface area contributed by atoms with Crippen molar-refractivity contribution in [1.82, 2.24) is 9.21 Å². The Kier molecular flexibility index (Phi) is 6.62. The van der Waals surface area contributed by atoms with Crippen molar-refractivity contribution in [3.05, 3.63) is 29.8 Å². The first-order chi connectivity index (χ1) is 11.5. The number of hydrogen-bond acceptors (Lipinski definition) is 4. The van der Waals surface area contributed by atoms with Gasteiger partial charge in [-0.3, -0.25) is 0 Å². The molecule has 1 aromatic rings. The van der Waals surface area contributed by atoms with E-state index in [1.54, 1.807) is 24.0 Å². The number of benzene rings is 1. The molecule has 1 heterocycles. The van der Waals surface area contributed by atoms with Crippen LogP contribution in [0.3, 0.4) is 0 Å². The van der Waals surface area contributed by atoms with E-state index in [2.05, 4.69) is 6.92 Å². The number of rotatable bonds is 6. The summed E-state index contributed by atoms with van der Waals surface area (Å²) in [6.07, 6.45) is 2.80. The smallest absolute Gasteiger partial charge is 0.409 e. The van der Waals surface area contributed by atoms with Gasteiger partial charge in [0.2, 0.25) is 10.0 Å². The predicted molar refractivity (Wildman–Crippen MR) is 92.4 cm³/mol. The standard InChI is InChI=1S/C17H26N2O4S/c1-3-5-6-15-7-9-16(10-8-15)24(21,22)19-13-11-18(12-14-19)17(20)23-4-2/h7-10H,3-6,11-14H2,1-2H3. The Hall–Kier alpha value is -1.60. The molecule has 0 saturated carbocycles. The van der Waals surface area contributed by atoms with Gasteiger partial charge in [-0.1, -0.05) is 25.5 Å². The lowest BCUT2D eigenvalue weighted by atomic mass is 10.1. The maximum atomic E-state index is 12.7. The van der Waals surface area contributed by atoms with E-state index in [0.29, 0.717) is 37.7 Å². The van der Waals surface area contributed by atoms with E-state index < -0.39 is 10.0 Å². The normalized spacial score (nSPS) is 16.2. The lowest BCUT2D eigenvalue weighted by Gasteiger charge is -2.33. The molecule has 6 nitrogen and oxygen atoms in total. The summed E-state index contributed by atoms with van der Waals surface area (Å²) in [5.74, 6) is 0. The fourth-order valence-corrected chi connectivity index (χ4v) is 4.11. The number of sulfonamides is 1. The van der Waals surface area contributed by atoms with Crippen LogP contribution in [-0.2, 0) is 21.2 Å². The number of hydrogen-bond donors (Lipinski definition) is 0. The van der Waals surface area contributed by atoms with Crippen molar-refractivity contribution in [2.45, 2.75) is 38.0 Å². The van der Waals surface area contributed by atoms with Gasteiger partial charge >= 0.3 is 6.09 Å². The fourth-order valence-electron chi connectivity index (χ4n) is 2.68. The summed E-state index contributed by atoms with van der Waals surface area (Å²) < 4.78 is 31.8. The molecule has 134 valence electrons. The van der Waals surface area contributed by atoms with Crippen molar-refractivity contribution in [3.8, 4) is 0 Å². The van der Waals surface area contributed by atoms with Gasteiger partial charge < -0.3 is 9.64 Å². The number of unbranched alkanes of at least 4 members (excludes halogenated alkanes) is 1. The summed E-state index contributed by atoms with van der Waals surface area (Å²) in [5, 5.41) is 0. The summed E-state index contributed by atoms with van der Waals surface area (Å²) in [6.45, 7) is 5.50. The van der Waals surface area contributed by atoms with E-state index in [-0.39, 0.29) is 6.09 Å². The number of aryl methyl sites for hydroxylation is 1. The third-order valence-electron chi connectivity index (χ3n) is 4.14. The number of carbonyl (C=O) groups excluding carboxylic acids is 1. The molecular weight excluding hydrogens is 328 g/mol. The lowest BCUT2D eigenvalue weighted by molar-refractivity contribution is 0.0934. The Bertz CT molecular complexity index is 635. The summed E-state index contributed by atoms with van der Waals surface area (Å²) in [5.41, 5.74) is 1.16.